The van der Waals surface area contributed by atoms with Crippen molar-refractivity contribution in [3.05, 3.63) is 70.7 Å². The molecule has 1 N–H and O–H groups in total. The van der Waals surface area contributed by atoms with Crippen molar-refractivity contribution in [2.45, 2.75) is 12.6 Å². The molecule has 3 rings (SSSR count). The molecule has 0 spiro atoms. The van der Waals surface area contributed by atoms with E-state index in [1.165, 1.54) is 11.3 Å². The van der Waals surface area contributed by atoms with Gasteiger partial charge in [0.1, 0.15) is 0 Å². The molecule has 0 bridgehead atoms. The summed E-state index contributed by atoms with van der Waals surface area (Å²) in [5.41, 5.74) is 1.03. The molecule has 1 amide bonds. The average Bonchev–Trinajstić information content (AvgIpc) is 3.21. The molecule has 106 valence electrons. The van der Waals surface area contributed by atoms with E-state index in [-0.39, 0.29) is 11.9 Å². The molecule has 0 aliphatic rings. The van der Waals surface area contributed by atoms with E-state index < -0.39 is 0 Å². The first kappa shape index (κ1) is 13.5. The Bertz CT molecular complexity index is 680. The fourth-order valence-electron chi connectivity index (χ4n) is 2.06. The molecule has 21 heavy (non-hydrogen) atoms. The zero-order chi connectivity index (χ0) is 14.5. The molecule has 2 heterocycles. The number of rotatable bonds is 5. The van der Waals surface area contributed by atoms with Crippen molar-refractivity contribution >= 4 is 17.2 Å². The number of benzene rings is 1. The fraction of sp³-hybridized carbons (Fsp3) is 0.133. The third-order valence-electron chi connectivity index (χ3n) is 3.06. The minimum Gasteiger partial charge on any atom is -0.343 e. The largest absolute Gasteiger partial charge is 0.343 e. The number of nitrogens with zero attached hydrogens (tertiary/aromatic N) is 3. The van der Waals surface area contributed by atoms with Crippen LogP contribution in [0.15, 0.2) is 60.2 Å². The first-order chi connectivity index (χ1) is 10.3. The Kier molecular flexibility index (Phi) is 4.07. The van der Waals surface area contributed by atoms with Crippen LogP contribution in [0.4, 0.5) is 0 Å². The standard InChI is InChI=1S/C15H14N4OS/c20-15(14-7-4-10-21-14)18-13(11-19-16-8-9-17-19)12-5-2-1-3-6-12/h1-10,13H,11H2,(H,18,20)/t13-/m1/s1. The predicted molar refractivity (Wildman–Crippen MR) is 81.0 cm³/mol. The monoisotopic (exact) mass is 298 g/mol. The Morgan fingerprint density at radius 1 is 1.14 bits per heavy atom. The van der Waals surface area contributed by atoms with E-state index in [4.69, 9.17) is 0 Å². The van der Waals surface area contributed by atoms with Gasteiger partial charge >= 0.3 is 0 Å². The average molecular weight is 298 g/mol. The molecule has 0 fully saturated rings. The topological polar surface area (TPSA) is 59.8 Å². The summed E-state index contributed by atoms with van der Waals surface area (Å²) in [5.74, 6) is -0.0778. The lowest BCUT2D eigenvalue weighted by molar-refractivity contribution is 0.0935. The van der Waals surface area contributed by atoms with Crippen LogP contribution in [-0.4, -0.2) is 20.9 Å². The first-order valence-corrected chi connectivity index (χ1v) is 7.44. The Balaban J connectivity index is 1.80. The van der Waals surface area contributed by atoms with Gasteiger partial charge < -0.3 is 5.32 Å². The van der Waals surface area contributed by atoms with Gasteiger partial charge in [0.15, 0.2) is 0 Å². The van der Waals surface area contributed by atoms with Crippen LogP contribution < -0.4 is 5.32 Å². The van der Waals surface area contributed by atoms with Gasteiger partial charge in [0.25, 0.3) is 5.91 Å². The summed E-state index contributed by atoms with van der Waals surface area (Å²) in [5, 5.41) is 13.2. The summed E-state index contributed by atoms with van der Waals surface area (Å²) in [6.07, 6.45) is 3.26. The van der Waals surface area contributed by atoms with Crippen LogP contribution in [0.3, 0.4) is 0 Å². The van der Waals surface area contributed by atoms with Gasteiger partial charge in [-0.25, -0.2) is 0 Å². The summed E-state index contributed by atoms with van der Waals surface area (Å²) in [6.45, 7) is 0.494. The number of nitrogens with one attached hydrogen (secondary N) is 1. The van der Waals surface area contributed by atoms with Crippen molar-refractivity contribution in [1.82, 2.24) is 20.3 Å². The van der Waals surface area contributed by atoms with Crippen molar-refractivity contribution in [1.29, 1.82) is 0 Å². The maximum absolute atomic E-state index is 12.3. The minimum absolute atomic E-state index is 0.0778. The van der Waals surface area contributed by atoms with Gasteiger partial charge in [0.05, 0.1) is 29.9 Å². The third-order valence-corrected chi connectivity index (χ3v) is 3.93. The molecule has 0 aliphatic carbocycles. The summed E-state index contributed by atoms with van der Waals surface area (Å²) in [7, 11) is 0. The SMILES string of the molecule is O=C(N[C@H](Cn1nccn1)c1ccccc1)c1cccs1. The van der Waals surface area contributed by atoms with E-state index in [1.54, 1.807) is 17.2 Å². The van der Waals surface area contributed by atoms with E-state index in [0.717, 1.165) is 5.56 Å². The van der Waals surface area contributed by atoms with E-state index in [0.29, 0.717) is 11.4 Å². The Hall–Kier alpha value is -2.47. The lowest BCUT2D eigenvalue weighted by atomic mass is 10.1. The maximum atomic E-state index is 12.3. The van der Waals surface area contributed by atoms with Crippen molar-refractivity contribution in [3.8, 4) is 0 Å². The molecule has 1 atom stereocenters. The van der Waals surface area contributed by atoms with Crippen LogP contribution in [-0.2, 0) is 6.54 Å². The van der Waals surface area contributed by atoms with Gasteiger partial charge in [-0.05, 0) is 17.0 Å². The zero-order valence-corrected chi connectivity index (χ0v) is 12.0. The second-order valence-electron chi connectivity index (χ2n) is 4.50. The van der Waals surface area contributed by atoms with Crippen molar-refractivity contribution in [2.24, 2.45) is 0 Å². The Morgan fingerprint density at radius 2 is 1.90 bits per heavy atom. The molecular weight excluding hydrogens is 284 g/mol. The smallest absolute Gasteiger partial charge is 0.261 e. The van der Waals surface area contributed by atoms with Crippen LogP contribution in [0.5, 0.6) is 0 Å². The lowest BCUT2D eigenvalue weighted by Crippen LogP contribution is -2.31. The van der Waals surface area contributed by atoms with Gasteiger partial charge in [-0.15, -0.1) is 11.3 Å². The zero-order valence-electron chi connectivity index (χ0n) is 11.2. The van der Waals surface area contributed by atoms with Crippen molar-refractivity contribution < 1.29 is 4.79 Å². The van der Waals surface area contributed by atoms with Crippen LogP contribution in [0, 0.1) is 0 Å². The van der Waals surface area contributed by atoms with Crippen molar-refractivity contribution in [2.75, 3.05) is 0 Å². The molecule has 6 heteroatoms. The molecular formula is C15H14N4OS. The highest BCUT2D eigenvalue weighted by Crippen LogP contribution is 2.16. The van der Waals surface area contributed by atoms with Gasteiger partial charge in [-0.2, -0.15) is 15.0 Å². The first-order valence-electron chi connectivity index (χ1n) is 6.56. The highest BCUT2D eigenvalue weighted by molar-refractivity contribution is 7.12. The fourth-order valence-corrected chi connectivity index (χ4v) is 2.68. The summed E-state index contributed by atoms with van der Waals surface area (Å²) in [6, 6.07) is 13.3. The molecule has 5 nitrogen and oxygen atoms in total. The van der Waals surface area contributed by atoms with Gasteiger partial charge in [0, 0.05) is 0 Å². The second kappa shape index (κ2) is 6.32. The normalized spacial score (nSPS) is 12.0. The number of thiophene rings is 1. The quantitative estimate of drug-likeness (QED) is 0.787. The van der Waals surface area contributed by atoms with Crippen LogP contribution in [0.2, 0.25) is 0 Å². The molecule has 3 aromatic rings. The lowest BCUT2D eigenvalue weighted by Gasteiger charge is -2.18. The molecule has 1 aromatic carbocycles. The van der Waals surface area contributed by atoms with Gasteiger partial charge in [-0.1, -0.05) is 36.4 Å². The predicted octanol–water partition coefficient (Wildman–Crippen LogP) is 2.51. The minimum atomic E-state index is -0.173. The van der Waals surface area contributed by atoms with Crippen LogP contribution >= 0.6 is 11.3 Å². The van der Waals surface area contributed by atoms with Crippen LogP contribution in [0.25, 0.3) is 0 Å². The van der Waals surface area contributed by atoms with Crippen molar-refractivity contribution in [3.63, 3.8) is 0 Å². The number of carbonyl (C=O) groups is 1. The number of hydrogen-bond donors (Lipinski definition) is 1. The number of carbonyl (C=O) groups excluding carboxylic acids is 1. The summed E-state index contributed by atoms with van der Waals surface area (Å²) < 4.78 is 0. The highest BCUT2D eigenvalue weighted by Gasteiger charge is 2.17. The maximum Gasteiger partial charge on any atom is 0.261 e. The van der Waals surface area contributed by atoms with E-state index in [1.807, 2.05) is 47.8 Å². The van der Waals surface area contributed by atoms with Crippen LogP contribution in [0.1, 0.15) is 21.3 Å². The molecule has 0 saturated heterocycles. The molecule has 0 radical (unpaired) electrons. The van der Waals surface area contributed by atoms with E-state index in [2.05, 4.69) is 15.5 Å². The summed E-state index contributed by atoms with van der Waals surface area (Å²) >= 11 is 1.43. The van der Waals surface area contributed by atoms with E-state index in [9.17, 15) is 4.79 Å². The molecule has 0 unspecified atom stereocenters. The molecule has 0 saturated carbocycles. The van der Waals surface area contributed by atoms with Gasteiger partial charge in [0.2, 0.25) is 0 Å². The molecule has 2 aromatic heterocycles. The highest BCUT2D eigenvalue weighted by atomic mass is 32.1. The van der Waals surface area contributed by atoms with Gasteiger partial charge in [-0.3, -0.25) is 4.79 Å². The number of amides is 1. The Morgan fingerprint density at radius 3 is 2.57 bits per heavy atom. The number of aromatic nitrogens is 3. The second-order valence-corrected chi connectivity index (χ2v) is 5.45. The Labute approximate surface area is 126 Å². The number of hydrogen-bond acceptors (Lipinski definition) is 4. The summed E-state index contributed by atoms with van der Waals surface area (Å²) in [4.78, 5) is 14.5. The molecule has 0 aliphatic heterocycles. The third kappa shape index (κ3) is 3.35. The van der Waals surface area contributed by atoms with E-state index >= 15 is 0 Å².